The topological polar surface area (TPSA) is 33.7 Å². The number of likely N-dealkylation sites (N-methyl/N-ethyl adjacent to an activating group) is 2. The second-order valence-corrected chi connectivity index (χ2v) is 5.32. The average Bonchev–Trinajstić information content (AvgIpc) is 2.40. The maximum atomic E-state index is 5.62. The van der Waals surface area contributed by atoms with E-state index in [0.29, 0.717) is 12.1 Å². The van der Waals surface area contributed by atoms with Crippen LogP contribution in [0.5, 0.6) is 0 Å². The molecule has 0 aromatic heterocycles. The van der Waals surface area contributed by atoms with Crippen molar-refractivity contribution in [3.05, 3.63) is 0 Å². The van der Waals surface area contributed by atoms with Gasteiger partial charge in [-0.05, 0) is 39.3 Å². The van der Waals surface area contributed by atoms with Gasteiger partial charge >= 0.3 is 0 Å². The van der Waals surface area contributed by atoms with E-state index >= 15 is 0 Å². The van der Waals surface area contributed by atoms with E-state index in [0.717, 1.165) is 38.8 Å². The molecule has 0 aliphatic carbocycles. The predicted molar refractivity (Wildman–Crippen MR) is 68.2 cm³/mol. The van der Waals surface area contributed by atoms with E-state index in [1.807, 2.05) is 0 Å². The van der Waals surface area contributed by atoms with Crippen LogP contribution in [-0.2, 0) is 9.47 Å². The van der Waals surface area contributed by atoms with Gasteiger partial charge in [0.25, 0.3) is 0 Å². The summed E-state index contributed by atoms with van der Waals surface area (Å²) in [5.41, 5.74) is 0. The molecule has 17 heavy (non-hydrogen) atoms. The summed E-state index contributed by atoms with van der Waals surface area (Å²) in [7, 11) is 4.30. The van der Waals surface area contributed by atoms with Crippen LogP contribution >= 0.6 is 0 Å². The molecule has 0 amide bonds. The lowest BCUT2D eigenvalue weighted by atomic mass is 9.97. The third kappa shape index (κ3) is 3.65. The molecule has 2 unspecified atom stereocenters. The summed E-state index contributed by atoms with van der Waals surface area (Å²) in [4.78, 5) is 2.48. The second kappa shape index (κ2) is 6.69. The van der Waals surface area contributed by atoms with Crippen molar-refractivity contribution in [3.8, 4) is 0 Å². The molecular formula is C13H26N2O2. The third-order valence-corrected chi connectivity index (χ3v) is 4.15. The Morgan fingerprint density at radius 3 is 2.53 bits per heavy atom. The summed E-state index contributed by atoms with van der Waals surface area (Å²) in [6.07, 6.45) is 3.55. The highest BCUT2D eigenvalue weighted by Crippen LogP contribution is 2.19. The number of hydrogen-bond acceptors (Lipinski definition) is 4. The van der Waals surface area contributed by atoms with Gasteiger partial charge in [0.05, 0.1) is 6.61 Å². The maximum Gasteiger partial charge on any atom is 0.0636 e. The molecule has 0 aromatic rings. The molecule has 0 aromatic carbocycles. The standard InChI is InChI=1S/C13H26N2O2/c1-14-12-5-8-17-10-13(12)15(2)9-11-3-6-16-7-4-11/h11-14H,3-10H2,1-2H3. The largest absolute Gasteiger partial charge is 0.381 e. The van der Waals surface area contributed by atoms with Crippen molar-refractivity contribution in [2.75, 3.05) is 47.1 Å². The maximum absolute atomic E-state index is 5.62. The Morgan fingerprint density at radius 1 is 1.12 bits per heavy atom. The number of nitrogens with one attached hydrogen (secondary N) is 1. The zero-order valence-corrected chi connectivity index (χ0v) is 11.2. The number of ether oxygens (including phenoxy) is 2. The highest BCUT2D eigenvalue weighted by molar-refractivity contribution is 4.86. The first-order valence-electron chi connectivity index (χ1n) is 6.84. The predicted octanol–water partition coefficient (Wildman–Crippen LogP) is 0.722. The fourth-order valence-electron chi connectivity index (χ4n) is 2.97. The zero-order valence-electron chi connectivity index (χ0n) is 11.2. The van der Waals surface area contributed by atoms with Gasteiger partial charge in [-0.15, -0.1) is 0 Å². The van der Waals surface area contributed by atoms with Crippen LogP contribution in [0, 0.1) is 5.92 Å². The summed E-state index contributed by atoms with van der Waals surface area (Å²) in [5, 5.41) is 3.43. The van der Waals surface area contributed by atoms with Crippen molar-refractivity contribution in [3.63, 3.8) is 0 Å². The van der Waals surface area contributed by atoms with E-state index < -0.39 is 0 Å². The van der Waals surface area contributed by atoms with Gasteiger partial charge in [0.2, 0.25) is 0 Å². The van der Waals surface area contributed by atoms with Crippen LogP contribution in [0.1, 0.15) is 19.3 Å². The van der Waals surface area contributed by atoms with E-state index in [1.165, 1.54) is 19.4 Å². The quantitative estimate of drug-likeness (QED) is 0.788. The van der Waals surface area contributed by atoms with Crippen molar-refractivity contribution in [1.29, 1.82) is 0 Å². The molecule has 2 atom stereocenters. The first-order valence-corrected chi connectivity index (χ1v) is 6.84. The highest BCUT2D eigenvalue weighted by atomic mass is 16.5. The van der Waals surface area contributed by atoms with Crippen LogP contribution in [0.25, 0.3) is 0 Å². The summed E-state index contributed by atoms with van der Waals surface area (Å²) >= 11 is 0. The van der Waals surface area contributed by atoms with E-state index in [-0.39, 0.29) is 0 Å². The van der Waals surface area contributed by atoms with Crippen LogP contribution in [0.3, 0.4) is 0 Å². The van der Waals surface area contributed by atoms with Crippen LogP contribution in [0.4, 0.5) is 0 Å². The molecule has 2 saturated heterocycles. The molecule has 2 rings (SSSR count). The molecule has 100 valence electrons. The van der Waals surface area contributed by atoms with Crippen molar-refractivity contribution >= 4 is 0 Å². The minimum atomic E-state index is 0.525. The highest BCUT2D eigenvalue weighted by Gasteiger charge is 2.29. The van der Waals surface area contributed by atoms with Crippen molar-refractivity contribution < 1.29 is 9.47 Å². The molecule has 0 bridgehead atoms. The first kappa shape index (κ1) is 13.3. The van der Waals surface area contributed by atoms with Crippen LogP contribution in [-0.4, -0.2) is 64.1 Å². The number of rotatable bonds is 4. The molecule has 0 saturated carbocycles. The Balaban J connectivity index is 1.82. The molecule has 1 N–H and O–H groups in total. The van der Waals surface area contributed by atoms with Crippen molar-refractivity contribution in [1.82, 2.24) is 10.2 Å². The van der Waals surface area contributed by atoms with Gasteiger partial charge in [0.1, 0.15) is 0 Å². The van der Waals surface area contributed by atoms with Crippen LogP contribution in [0.2, 0.25) is 0 Å². The van der Waals surface area contributed by atoms with Gasteiger partial charge in [-0.3, -0.25) is 4.90 Å². The second-order valence-electron chi connectivity index (χ2n) is 5.32. The van der Waals surface area contributed by atoms with Gasteiger partial charge in [0.15, 0.2) is 0 Å². The van der Waals surface area contributed by atoms with Crippen LogP contribution < -0.4 is 5.32 Å². The smallest absolute Gasteiger partial charge is 0.0636 e. The lowest BCUT2D eigenvalue weighted by Gasteiger charge is -2.39. The molecule has 2 aliphatic heterocycles. The Hall–Kier alpha value is -0.160. The third-order valence-electron chi connectivity index (χ3n) is 4.15. The summed E-state index contributed by atoms with van der Waals surface area (Å²) in [5.74, 6) is 0.799. The molecule has 2 heterocycles. The summed E-state index contributed by atoms with van der Waals surface area (Å²) in [6.45, 7) is 4.82. The SMILES string of the molecule is CNC1CCOCC1N(C)CC1CCOCC1. The van der Waals surface area contributed by atoms with E-state index in [9.17, 15) is 0 Å². The van der Waals surface area contributed by atoms with Crippen LogP contribution in [0.15, 0.2) is 0 Å². The lowest BCUT2D eigenvalue weighted by molar-refractivity contribution is -0.00720. The molecule has 4 heteroatoms. The summed E-state index contributed by atoms with van der Waals surface area (Å²) < 4.78 is 11.0. The fourth-order valence-corrected chi connectivity index (χ4v) is 2.97. The first-order chi connectivity index (χ1) is 8.31. The Bertz CT molecular complexity index is 219. The molecule has 2 fully saturated rings. The molecule has 2 aliphatic rings. The van der Waals surface area contributed by atoms with Gasteiger partial charge in [0, 0.05) is 38.4 Å². The minimum Gasteiger partial charge on any atom is -0.381 e. The Morgan fingerprint density at radius 2 is 1.82 bits per heavy atom. The minimum absolute atomic E-state index is 0.525. The Kier molecular flexibility index (Phi) is 5.22. The van der Waals surface area contributed by atoms with E-state index in [1.54, 1.807) is 0 Å². The Labute approximate surface area is 105 Å². The van der Waals surface area contributed by atoms with E-state index in [2.05, 4.69) is 24.3 Å². The zero-order chi connectivity index (χ0) is 12.1. The lowest BCUT2D eigenvalue weighted by Crippen LogP contribution is -2.54. The fraction of sp³-hybridized carbons (Fsp3) is 1.00. The summed E-state index contributed by atoms with van der Waals surface area (Å²) in [6, 6.07) is 1.10. The van der Waals surface area contributed by atoms with Gasteiger partial charge in [-0.25, -0.2) is 0 Å². The van der Waals surface area contributed by atoms with Gasteiger partial charge in [-0.1, -0.05) is 0 Å². The monoisotopic (exact) mass is 242 g/mol. The van der Waals surface area contributed by atoms with Gasteiger partial charge < -0.3 is 14.8 Å². The number of hydrogen-bond donors (Lipinski definition) is 1. The molecule has 0 radical (unpaired) electrons. The molecule has 0 spiro atoms. The van der Waals surface area contributed by atoms with Crippen molar-refractivity contribution in [2.45, 2.75) is 31.3 Å². The molecular weight excluding hydrogens is 216 g/mol. The normalized spacial score (nSPS) is 31.9. The average molecular weight is 242 g/mol. The van der Waals surface area contributed by atoms with Gasteiger partial charge in [-0.2, -0.15) is 0 Å². The molecule has 4 nitrogen and oxygen atoms in total. The van der Waals surface area contributed by atoms with E-state index in [4.69, 9.17) is 9.47 Å². The number of nitrogens with zero attached hydrogens (tertiary/aromatic N) is 1. The van der Waals surface area contributed by atoms with Crippen molar-refractivity contribution in [2.24, 2.45) is 5.92 Å².